The molecule has 1 heterocycles. The molecule has 2 nitrogen and oxygen atoms in total. The van der Waals surface area contributed by atoms with Gasteiger partial charge in [0.05, 0.1) is 13.6 Å². The molecule has 0 fully saturated rings. The zero-order chi connectivity index (χ0) is 8.59. The van der Waals surface area contributed by atoms with E-state index in [1.165, 1.54) is 17.2 Å². The number of nitrogens with zero attached hydrogens (tertiary/aromatic N) is 2. The van der Waals surface area contributed by atoms with Crippen LogP contribution in [0.1, 0.15) is 24.1 Å². The van der Waals surface area contributed by atoms with Gasteiger partial charge in [0.15, 0.2) is 0 Å². The Morgan fingerprint density at radius 1 is 1.25 bits per heavy atom. The normalized spacial score (nSPS) is 9.75. The Morgan fingerprint density at radius 3 is 1.92 bits per heavy atom. The van der Waals surface area contributed by atoms with E-state index < -0.39 is 0 Å². The Bertz CT molecular complexity index is 251. The van der Waals surface area contributed by atoms with Crippen LogP contribution in [0.2, 0.25) is 0 Å². The molecule has 3 heteroatoms. The second kappa shape index (κ2) is 3.94. The van der Waals surface area contributed by atoms with Crippen LogP contribution in [0.3, 0.4) is 0 Å². The average molecular weight is 189 g/mol. The summed E-state index contributed by atoms with van der Waals surface area (Å²) in [4.78, 5) is 0. The van der Waals surface area contributed by atoms with Crippen LogP contribution >= 0.6 is 0 Å². The van der Waals surface area contributed by atoms with Gasteiger partial charge in [-0.3, -0.25) is 0 Å². The molecule has 1 aromatic rings. The smallest absolute Gasteiger partial charge is 0.253 e. The van der Waals surface area contributed by atoms with Crippen LogP contribution < -0.4 is 17.0 Å². The summed E-state index contributed by atoms with van der Waals surface area (Å²) in [7, 11) is 2.11. The van der Waals surface area contributed by atoms with Gasteiger partial charge < -0.3 is 12.4 Å². The minimum Gasteiger partial charge on any atom is -1.00 e. The molecular weight excluding hydrogens is 172 g/mol. The third-order valence-electron chi connectivity index (χ3n) is 2.62. The summed E-state index contributed by atoms with van der Waals surface area (Å²) < 4.78 is 4.56. The molecule has 0 N–H and O–H groups in total. The molecule has 0 aromatic carbocycles. The Kier molecular flexibility index (Phi) is 3.78. The highest BCUT2D eigenvalue weighted by Crippen LogP contribution is 2.05. The van der Waals surface area contributed by atoms with Gasteiger partial charge in [0.2, 0.25) is 0 Å². The fourth-order valence-electron chi connectivity index (χ4n) is 1.57. The summed E-state index contributed by atoms with van der Waals surface area (Å²) in [5, 5.41) is 0. The molecule has 0 saturated carbocycles. The molecule has 0 bridgehead atoms. The van der Waals surface area contributed by atoms with Crippen LogP contribution in [0, 0.1) is 20.8 Å². The molecule has 0 amide bonds. The first-order valence-corrected chi connectivity index (χ1v) is 4.11. The molecule has 12 heavy (non-hydrogen) atoms. The molecule has 1 rings (SSSR count). The summed E-state index contributed by atoms with van der Waals surface area (Å²) >= 11 is 0. The molecule has 0 spiro atoms. The molecule has 0 unspecified atom stereocenters. The second-order valence-electron chi connectivity index (χ2n) is 3.02. The summed E-state index contributed by atoms with van der Waals surface area (Å²) in [5.41, 5.74) is 2.75. The highest BCUT2D eigenvalue weighted by molar-refractivity contribution is 5.06. The minimum absolute atomic E-state index is 0. The molecule has 1 aromatic heterocycles. The maximum atomic E-state index is 2.33. The lowest BCUT2D eigenvalue weighted by Crippen LogP contribution is -3.00. The van der Waals surface area contributed by atoms with Gasteiger partial charge in [0.25, 0.3) is 5.82 Å². The summed E-state index contributed by atoms with van der Waals surface area (Å²) in [5.74, 6) is 1.34. The first-order chi connectivity index (χ1) is 5.09. The van der Waals surface area contributed by atoms with Crippen LogP contribution in [0.5, 0.6) is 0 Å². The van der Waals surface area contributed by atoms with Gasteiger partial charge in [0, 0.05) is 20.8 Å². The van der Waals surface area contributed by atoms with Crippen molar-refractivity contribution in [1.29, 1.82) is 0 Å². The molecule has 70 valence electrons. The number of hydrogen-bond acceptors (Lipinski definition) is 0. The Labute approximate surface area is 80.6 Å². The Balaban J connectivity index is 0.00000121. The topological polar surface area (TPSA) is 8.81 Å². The summed E-state index contributed by atoms with van der Waals surface area (Å²) in [6.07, 6.45) is 0. The predicted molar refractivity (Wildman–Crippen MR) is 45.5 cm³/mol. The van der Waals surface area contributed by atoms with E-state index in [0.717, 1.165) is 6.54 Å². The van der Waals surface area contributed by atoms with Gasteiger partial charge in [0.1, 0.15) is 11.4 Å². The maximum absolute atomic E-state index is 2.33. The zero-order valence-corrected chi connectivity index (χ0v) is 9.24. The van der Waals surface area contributed by atoms with Crippen molar-refractivity contribution >= 4 is 0 Å². The van der Waals surface area contributed by atoms with Crippen LogP contribution in [0.4, 0.5) is 0 Å². The van der Waals surface area contributed by atoms with Gasteiger partial charge in [-0.05, 0) is 6.92 Å². The van der Waals surface area contributed by atoms with Gasteiger partial charge >= 0.3 is 0 Å². The van der Waals surface area contributed by atoms with E-state index >= 15 is 0 Å². The fourth-order valence-corrected chi connectivity index (χ4v) is 1.57. The maximum Gasteiger partial charge on any atom is 0.253 e. The first-order valence-electron chi connectivity index (χ1n) is 4.11. The van der Waals surface area contributed by atoms with Gasteiger partial charge in [-0.1, -0.05) is 0 Å². The molecule has 0 saturated heterocycles. The van der Waals surface area contributed by atoms with Crippen molar-refractivity contribution < 1.29 is 17.0 Å². The van der Waals surface area contributed by atoms with E-state index in [1.54, 1.807) is 0 Å². The van der Waals surface area contributed by atoms with E-state index in [2.05, 4.69) is 43.9 Å². The van der Waals surface area contributed by atoms with Crippen molar-refractivity contribution in [3.8, 4) is 0 Å². The van der Waals surface area contributed by atoms with E-state index in [4.69, 9.17) is 0 Å². The molecule has 0 radical (unpaired) electrons. The number of rotatable bonds is 1. The van der Waals surface area contributed by atoms with Crippen molar-refractivity contribution in [3.05, 3.63) is 17.2 Å². The van der Waals surface area contributed by atoms with Gasteiger partial charge in [-0.2, -0.15) is 0 Å². The van der Waals surface area contributed by atoms with Crippen molar-refractivity contribution in [1.82, 2.24) is 4.57 Å². The van der Waals surface area contributed by atoms with Crippen LogP contribution in [0.25, 0.3) is 0 Å². The summed E-state index contributed by atoms with van der Waals surface area (Å²) in [6, 6.07) is 0. The lowest BCUT2D eigenvalue weighted by atomic mass is 10.4. The van der Waals surface area contributed by atoms with Crippen LogP contribution in [0.15, 0.2) is 0 Å². The van der Waals surface area contributed by atoms with E-state index in [1.807, 2.05) is 0 Å². The Morgan fingerprint density at radius 2 is 1.75 bits per heavy atom. The number of aromatic nitrogens is 2. The average Bonchev–Trinajstić information content (AvgIpc) is 2.17. The van der Waals surface area contributed by atoms with Crippen molar-refractivity contribution in [3.63, 3.8) is 0 Å². The van der Waals surface area contributed by atoms with Crippen molar-refractivity contribution in [2.45, 2.75) is 34.2 Å². The van der Waals surface area contributed by atoms with Crippen molar-refractivity contribution in [2.24, 2.45) is 7.05 Å². The lowest BCUT2D eigenvalue weighted by Gasteiger charge is -1.93. The van der Waals surface area contributed by atoms with Gasteiger partial charge in [-0.15, -0.1) is 0 Å². The SMILES string of the molecule is CCn1c(C)c(C)[n+](C)c1C.[Cl-]. The predicted octanol–water partition coefficient (Wildman–Crippen LogP) is -1.74. The minimum atomic E-state index is 0. The number of imidazole rings is 1. The monoisotopic (exact) mass is 188 g/mol. The van der Waals surface area contributed by atoms with Crippen molar-refractivity contribution in [2.75, 3.05) is 0 Å². The second-order valence-corrected chi connectivity index (χ2v) is 3.02. The van der Waals surface area contributed by atoms with E-state index in [9.17, 15) is 0 Å². The van der Waals surface area contributed by atoms with E-state index in [0.29, 0.717) is 0 Å². The molecule has 0 aliphatic rings. The Hall–Kier alpha value is -0.500. The molecular formula is C9H17ClN2. The molecule has 0 aliphatic heterocycles. The highest BCUT2D eigenvalue weighted by Gasteiger charge is 2.16. The fraction of sp³-hybridized carbons (Fsp3) is 0.667. The largest absolute Gasteiger partial charge is 1.00 e. The van der Waals surface area contributed by atoms with Crippen LogP contribution in [-0.4, -0.2) is 4.57 Å². The first kappa shape index (κ1) is 11.5. The summed E-state index contributed by atoms with van der Waals surface area (Å²) in [6.45, 7) is 9.74. The molecule has 0 atom stereocenters. The lowest BCUT2D eigenvalue weighted by molar-refractivity contribution is -0.683. The number of hydrogen-bond donors (Lipinski definition) is 0. The third-order valence-corrected chi connectivity index (χ3v) is 2.62. The molecule has 0 aliphatic carbocycles. The van der Waals surface area contributed by atoms with Gasteiger partial charge in [-0.25, -0.2) is 9.13 Å². The quantitative estimate of drug-likeness (QED) is 0.463. The standard InChI is InChI=1S/C9H17N2.ClH/c1-6-11-8(3)7(2)10(5)9(11)4;/h6H2,1-5H3;1H/q+1;/p-1. The van der Waals surface area contributed by atoms with E-state index in [-0.39, 0.29) is 12.4 Å². The zero-order valence-electron chi connectivity index (χ0n) is 8.48. The third kappa shape index (κ3) is 1.48. The van der Waals surface area contributed by atoms with Crippen LogP contribution in [-0.2, 0) is 13.6 Å². The number of halogens is 1. The highest BCUT2D eigenvalue weighted by atomic mass is 35.5.